The lowest BCUT2D eigenvalue weighted by Crippen LogP contribution is -2.25. The molecule has 1 fully saturated rings. The average molecular weight is 279 g/mol. The fraction of sp³-hybridized carbons (Fsp3) is 0.429. The van der Waals surface area contributed by atoms with Crippen LogP contribution in [0.25, 0.3) is 0 Å². The van der Waals surface area contributed by atoms with Gasteiger partial charge in [-0.25, -0.2) is 9.59 Å². The average Bonchev–Trinajstić information content (AvgIpc) is 2.39. The molecule has 1 aliphatic carbocycles. The van der Waals surface area contributed by atoms with Crippen LogP contribution in [0, 0.1) is 0 Å². The minimum absolute atomic E-state index is 0.0262. The molecular weight excluding hydrogens is 262 g/mol. The highest BCUT2D eigenvalue weighted by molar-refractivity contribution is 6.01. The van der Waals surface area contributed by atoms with Gasteiger partial charge in [0, 0.05) is 0 Å². The fourth-order valence-electron chi connectivity index (χ4n) is 2.34. The Balaban J connectivity index is 2.04. The van der Waals surface area contributed by atoms with Crippen molar-refractivity contribution in [2.75, 3.05) is 5.32 Å². The number of phenols is 1. The first kappa shape index (κ1) is 14.2. The molecule has 1 amide bonds. The Bertz CT molecular complexity index is 508. The Hall–Kier alpha value is -2.24. The molecule has 0 spiro atoms. The molecule has 3 N–H and O–H groups in total. The molecule has 0 bridgehead atoms. The molecular formula is C14H17NO5. The summed E-state index contributed by atoms with van der Waals surface area (Å²) >= 11 is 0. The van der Waals surface area contributed by atoms with E-state index in [0.29, 0.717) is 0 Å². The lowest BCUT2D eigenvalue weighted by molar-refractivity contribution is 0.0695. The third kappa shape index (κ3) is 3.40. The molecule has 0 atom stereocenters. The highest BCUT2D eigenvalue weighted by Crippen LogP contribution is 2.26. The SMILES string of the molecule is O=C(Nc1cccc(O)c1C(=O)O)OC1CCCCC1. The van der Waals surface area contributed by atoms with E-state index in [-0.39, 0.29) is 17.4 Å². The normalized spacial score (nSPS) is 15.6. The molecule has 108 valence electrons. The number of carbonyl (C=O) groups is 2. The summed E-state index contributed by atoms with van der Waals surface area (Å²) in [7, 11) is 0. The molecule has 2 rings (SSSR count). The summed E-state index contributed by atoms with van der Waals surface area (Å²) in [5, 5.41) is 20.9. The Morgan fingerprint density at radius 2 is 1.90 bits per heavy atom. The number of anilines is 1. The Morgan fingerprint density at radius 1 is 1.20 bits per heavy atom. The lowest BCUT2D eigenvalue weighted by Gasteiger charge is -2.22. The van der Waals surface area contributed by atoms with Gasteiger partial charge in [0.15, 0.2) is 0 Å². The standard InChI is InChI=1S/C14H17NO5/c16-11-8-4-7-10(12(11)13(17)18)15-14(19)20-9-5-2-1-3-6-9/h4,7-9,16H,1-3,5-6H2,(H,15,19)(H,17,18). The summed E-state index contributed by atoms with van der Waals surface area (Å²) in [6, 6.07) is 4.12. The molecule has 0 aromatic heterocycles. The van der Waals surface area contributed by atoms with E-state index in [1.807, 2.05) is 0 Å². The van der Waals surface area contributed by atoms with Gasteiger partial charge in [-0.2, -0.15) is 0 Å². The van der Waals surface area contributed by atoms with Crippen molar-refractivity contribution in [3.63, 3.8) is 0 Å². The predicted octanol–water partition coefficient (Wildman–Crippen LogP) is 2.97. The van der Waals surface area contributed by atoms with Crippen LogP contribution in [0.4, 0.5) is 10.5 Å². The van der Waals surface area contributed by atoms with Crippen LogP contribution in [0.2, 0.25) is 0 Å². The molecule has 6 heteroatoms. The molecule has 1 aromatic rings. The van der Waals surface area contributed by atoms with Crippen LogP contribution in [0.5, 0.6) is 5.75 Å². The van der Waals surface area contributed by atoms with Gasteiger partial charge < -0.3 is 14.9 Å². The van der Waals surface area contributed by atoms with Gasteiger partial charge in [0.2, 0.25) is 0 Å². The Kier molecular flexibility index (Phi) is 4.45. The number of amides is 1. The summed E-state index contributed by atoms with van der Waals surface area (Å²) in [6.45, 7) is 0. The smallest absolute Gasteiger partial charge is 0.411 e. The molecule has 1 aromatic carbocycles. The highest BCUT2D eigenvalue weighted by atomic mass is 16.6. The Morgan fingerprint density at radius 3 is 2.55 bits per heavy atom. The van der Waals surface area contributed by atoms with Crippen molar-refractivity contribution in [2.24, 2.45) is 0 Å². The number of ether oxygens (including phenoxy) is 1. The van der Waals surface area contributed by atoms with Gasteiger partial charge in [0.25, 0.3) is 0 Å². The first-order chi connectivity index (χ1) is 9.58. The number of carbonyl (C=O) groups excluding carboxylic acids is 1. The van der Waals surface area contributed by atoms with E-state index in [1.165, 1.54) is 18.2 Å². The number of nitrogens with one attached hydrogen (secondary N) is 1. The van der Waals surface area contributed by atoms with E-state index in [1.54, 1.807) is 0 Å². The van der Waals surface area contributed by atoms with Gasteiger partial charge in [0.1, 0.15) is 17.4 Å². The van der Waals surface area contributed by atoms with Crippen molar-refractivity contribution in [2.45, 2.75) is 38.2 Å². The van der Waals surface area contributed by atoms with Gasteiger partial charge in [0.05, 0.1) is 5.69 Å². The minimum atomic E-state index is -1.31. The van der Waals surface area contributed by atoms with E-state index in [4.69, 9.17) is 9.84 Å². The minimum Gasteiger partial charge on any atom is -0.507 e. The zero-order chi connectivity index (χ0) is 14.5. The van der Waals surface area contributed by atoms with E-state index < -0.39 is 17.8 Å². The van der Waals surface area contributed by atoms with Crippen molar-refractivity contribution in [1.29, 1.82) is 0 Å². The first-order valence-corrected chi connectivity index (χ1v) is 6.61. The Labute approximate surface area is 116 Å². The monoisotopic (exact) mass is 279 g/mol. The predicted molar refractivity (Wildman–Crippen MR) is 72.0 cm³/mol. The summed E-state index contributed by atoms with van der Waals surface area (Å²) < 4.78 is 5.25. The highest BCUT2D eigenvalue weighted by Gasteiger charge is 2.20. The zero-order valence-electron chi connectivity index (χ0n) is 11.0. The summed E-state index contributed by atoms with van der Waals surface area (Å²) in [4.78, 5) is 22.8. The van der Waals surface area contributed by atoms with Gasteiger partial charge in [-0.05, 0) is 37.8 Å². The van der Waals surface area contributed by atoms with Crippen LogP contribution in [-0.4, -0.2) is 28.4 Å². The number of carboxylic acids is 1. The van der Waals surface area contributed by atoms with Crippen LogP contribution in [-0.2, 0) is 4.74 Å². The van der Waals surface area contributed by atoms with E-state index in [2.05, 4.69) is 5.32 Å². The second-order valence-corrected chi connectivity index (χ2v) is 4.80. The molecule has 0 aliphatic heterocycles. The second kappa shape index (κ2) is 6.27. The lowest BCUT2D eigenvalue weighted by atomic mass is 9.98. The van der Waals surface area contributed by atoms with Crippen LogP contribution in [0.15, 0.2) is 18.2 Å². The van der Waals surface area contributed by atoms with Crippen LogP contribution in [0.1, 0.15) is 42.5 Å². The van der Waals surface area contributed by atoms with Crippen molar-refractivity contribution < 1.29 is 24.5 Å². The molecule has 0 unspecified atom stereocenters. The number of hydrogen-bond donors (Lipinski definition) is 3. The maximum Gasteiger partial charge on any atom is 0.411 e. The topological polar surface area (TPSA) is 95.9 Å². The van der Waals surface area contributed by atoms with E-state index >= 15 is 0 Å². The number of aromatic hydroxyl groups is 1. The summed E-state index contributed by atoms with van der Waals surface area (Å²) in [5.74, 6) is -1.70. The van der Waals surface area contributed by atoms with Crippen LogP contribution >= 0.6 is 0 Å². The number of hydrogen-bond acceptors (Lipinski definition) is 4. The molecule has 6 nitrogen and oxygen atoms in total. The maximum absolute atomic E-state index is 11.8. The molecule has 20 heavy (non-hydrogen) atoms. The molecule has 1 aliphatic rings. The third-order valence-corrected chi connectivity index (χ3v) is 3.32. The van der Waals surface area contributed by atoms with Gasteiger partial charge in [-0.1, -0.05) is 12.5 Å². The molecule has 0 heterocycles. The first-order valence-electron chi connectivity index (χ1n) is 6.61. The fourth-order valence-corrected chi connectivity index (χ4v) is 2.34. The van der Waals surface area contributed by atoms with Crippen LogP contribution < -0.4 is 5.32 Å². The quantitative estimate of drug-likeness (QED) is 0.790. The number of rotatable bonds is 3. The number of aromatic carboxylic acids is 1. The second-order valence-electron chi connectivity index (χ2n) is 4.80. The molecule has 0 radical (unpaired) electrons. The van der Waals surface area contributed by atoms with Gasteiger partial charge in [-0.15, -0.1) is 0 Å². The molecule has 0 saturated heterocycles. The maximum atomic E-state index is 11.8. The summed E-state index contributed by atoms with van der Waals surface area (Å²) in [6.07, 6.45) is 4.07. The largest absolute Gasteiger partial charge is 0.507 e. The van der Waals surface area contributed by atoms with E-state index in [9.17, 15) is 14.7 Å². The van der Waals surface area contributed by atoms with Crippen molar-refractivity contribution in [1.82, 2.24) is 0 Å². The number of benzene rings is 1. The van der Waals surface area contributed by atoms with E-state index in [0.717, 1.165) is 32.1 Å². The number of carboxylic acid groups (broad SMARTS) is 1. The van der Waals surface area contributed by atoms with Crippen molar-refractivity contribution in [3.05, 3.63) is 23.8 Å². The van der Waals surface area contributed by atoms with Crippen LogP contribution in [0.3, 0.4) is 0 Å². The van der Waals surface area contributed by atoms with Gasteiger partial charge >= 0.3 is 12.1 Å². The van der Waals surface area contributed by atoms with Crippen molar-refractivity contribution >= 4 is 17.7 Å². The molecule has 1 saturated carbocycles. The van der Waals surface area contributed by atoms with Gasteiger partial charge in [-0.3, -0.25) is 5.32 Å². The van der Waals surface area contributed by atoms with Crippen molar-refractivity contribution in [3.8, 4) is 5.75 Å². The zero-order valence-corrected chi connectivity index (χ0v) is 11.0. The summed E-state index contributed by atoms with van der Waals surface area (Å²) in [5.41, 5.74) is -0.314. The third-order valence-electron chi connectivity index (χ3n) is 3.32.